The molecular formula is C15H19F3N2O2S. The molecule has 128 valence electrons. The summed E-state index contributed by atoms with van der Waals surface area (Å²) in [4.78, 5) is 1.76. The van der Waals surface area contributed by atoms with Gasteiger partial charge in [0, 0.05) is 30.9 Å². The normalized spacial score (nSPS) is 21.3. The van der Waals surface area contributed by atoms with Crippen molar-refractivity contribution >= 4 is 15.5 Å². The molecule has 3 rings (SSSR count). The predicted molar refractivity (Wildman–Crippen MR) is 80.9 cm³/mol. The van der Waals surface area contributed by atoms with Crippen molar-refractivity contribution in [1.29, 1.82) is 0 Å². The summed E-state index contributed by atoms with van der Waals surface area (Å²) in [5, 5.41) is 3.28. The SMILES string of the molecule is O=S(=O)(c1ccc(NC2CCN(C3CC3)CC2)cc1)C(F)(F)F. The average Bonchev–Trinajstić information content (AvgIpc) is 3.32. The number of alkyl halides is 3. The summed E-state index contributed by atoms with van der Waals surface area (Å²) in [5.74, 6) is 0. The summed E-state index contributed by atoms with van der Waals surface area (Å²) in [5.41, 5.74) is -4.62. The van der Waals surface area contributed by atoms with Crippen molar-refractivity contribution in [3.8, 4) is 0 Å². The third-order valence-electron chi connectivity index (χ3n) is 4.43. The highest BCUT2D eigenvalue weighted by Gasteiger charge is 2.46. The van der Waals surface area contributed by atoms with Crippen LogP contribution in [0, 0.1) is 0 Å². The lowest BCUT2D eigenvalue weighted by atomic mass is 10.0. The Bertz CT molecular complexity index is 646. The summed E-state index contributed by atoms with van der Waals surface area (Å²) >= 11 is 0. The van der Waals surface area contributed by atoms with Gasteiger partial charge in [0.15, 0.2) is 0 Å². The van der Waals surface area contributed by atoms with Crippen LogP contribution in [0.5, 0.6) is 0 Å². The maximum atomic E-state index is 12.5. The van der Waals surface area contributed by atoms with Crippen LogP contribution >= 0.6 is 0 Å². The maximum absolute atomic E-state index is 12.5. The molecule has 1 saturated heterocycles. The van der Waals surface area contributed by atoms with Crippen LogP contribution in [0.25, 0.3) is 0 Å². The summed E-state index contributed by atoms with van der Waals surface area (Å²) in [6, 6.07) is 5.82. The Balaban J connectivity index is 1.60. The van der Waals surface area contributed by atoms with Gasteiger partial charge in [0.05, 0.1) is 4.90 Å². The number of hydrogen-bond acceptors (Lipinski definition) is 4. The van der Waals surface area contributed by atoms with E-state index in [-0.39, 0.29) is 6.04 Å². The van der Waals surface area contributed by atoms with E-state index in [4.69, 9.17) is 0 Å². The molecule has 0 unspecified atom stereocenters. The molecule has 8 heteroatoms. The molecule has 2 fully saturated rings. The molecule has 1 aliphatic heterocycles. The number of hydrogen-bond donors (Lipinski definition) is 1. The van der Waals surface area contributed by atoms with Gasteiger partial charge in [-0.05, 0) is 49.9 Å². The Hall–Kier alpha value is -1.28. The smallest absolute Gasteiger partial charge is 0.382 e. The quantitative estimate of drug-likeness (QED) is 0.909. The molecule has 1 N–H and O–H groups in total. The molecular weight excluding hydrogens is 329 g/mol. The third-order valence-corrected chi connectivity index (χ3v) is 5.94. The zero-order valence-corrected chi connectivity index (χ0v) is 13.3. The topological polar surface area (TPSA) is 49.4 Å². The lowest BCUT2D eigenvalue weighted by Gasteiger charge is -2.32. The van der Waals surface area contributed by atoms with E-state index in [1.807, 2.05) is 0 Å². The van der Waals surface area contributed by atoms with Gasteiger partial charge in [0.2, 0.25) is 0 Å². The summed E-state index contributed by atoms with van der Waals surface area (Å²) in [6.45, 7) is 2.06. The molecule has 1 saturated carbocycles. The van der Waals surface area contributed by atoms with Gasteiger partial charge in [-0.2, -0.15) is 13.2 Å². The zero-order chi connectivity index (χ0) is 16.7. The van der Waals surface area contributed by atoms with E-state index in [0.29, 0.717) is 5.69 Å². The molecule has 0 spiro atoms. The van der Waals surface area contributed by atoms with Gasteiger partial charge < -0.3 is 10.2 Å². The molecule has 1 aromatic carbocycles. The fourth-order valence-electron chi connectivity index (χ4n) is 2.95. The predicted octanol–water partition coefficient (Wildman–Crippen LogP) is 3.02. The van der Waals surface area contributed by atoms with E-state index in [1.54, 1.807) is 0 Å². The summed E-state index contributed by atoms with van der Waals surface area (Å²) < 4.78 is 60.1. The van der Waals surface area contributed by atoms with Crippen molar-refractivity contribution in [1.82, 2.24) is 4.90 Å². The second-order valence-electron chi connectivity index (χ2n) is 6.16. The number of likely N-dealkylation sites (tertiary alicyclic amines) is 1. The van der Waals surface area contributed by atoms with Crippen molar-refractivity contribution in [3.05, 3.63) is 24.3 Å². The number of anilines is 1. The van der Waals surface area contributed by atoms with Crippen LogP contribution in [0.15, 0.2) is 29.2 Å². The molecule has 1 aromatic rings. The van der Waals surface area contributed by atoms with Gasteiger partial charge in [-0.3, -0.25) is 0 Å². The first kappa shape index (κ1) is 16.6. The zero-order valence-electron chi connectivity index (χ0n) is 12.5. The fourth-order valence-corrected chi connectivity index (χ4v) is 3.71. The molecule has 1 heterocycles. The van der Waals surface area contributed by atoms with Gasteiger partial charge in [-0.15, -0.1) is 0 Å². The number of sulfone groups is 1. The van der Waals surface area contributed by atoms with Gasteiger partial charge in [0.1, 0.15) is 0 Å². The Morgan fingerprint density at radius 2 is 1.57 bits per heavy atom. The highest BCUT2D eigenvalue weighted by Crippen LogP contribution is 2.32. The first-order valence-electron chi connectivity index (χ1n) is 7.69. The highest BCUT2D eigenvalue weighted by atomic mass is 32.2. The van der Waals surface area contributed by atoms with E-state index < -0.39 is 20.2 Å². The molecule has 4 nitrogen and oxygen atoms in total. The average molecular weight is 348 g/mol. The Morgan fingerprint density at radius 1 is 1.00 bits per heavy atom. The van der Waals surface area contributed by atoms with E-state index >= 15 is 0 Å². The van der Waals surface area contributed by atoms with Crippen LogP contribution in [0.3, 0.4) is 0 Å². The molecule has 0 radical (unpaired) electrons. The minimum Gasteiger partial charge on any atom is -0.382 e. The second-order valence-corrected chi connectivity index (χ2v) is 8.10. The van der Waals surface area contributed by atoms with Crippen molar-refractivity contribution in [2.75, 3.05) is 18.4 Å². The van der Waals surface area contributed by atoms with E-state index in [1.165, 1.54) is 25.0 Å². The Morgan fingerprint density at radius 3 is 2.04 bits per heavy atom. The fraction of sp³-hybridized carbons (Fsp3) is 0.600. The van der Waals surface area contributed by atoms with E-state index in [0.717, 1.165) is 44.1 Å². The van der Waals surface area contributed by atoms with Crippen molar-refractivity contribution in [2.45, 2.75) is 48.2 Å². The lowest BCUT2D eigenvalue weighted by Crippen LogP contribution is -2.40. The Labute approximate surface area is 133 Å². The second kappa shape index (κ2) is 5.98. The monoisotopic (exact) mass is 348 g/mol. The minimum absolute atomic E-state index is 0.273. The maximum Gasteiger partial charge on any atom is 0.501 e. The third kappa shape index (κ3) is 3.63. The first-order chi connectivity index (χ1) is 10.8. The number of nitrogens with one attached hydrogen (secondary N) is 1. The molecule has 0 bridgehead atoms. The Kier molecular flexibility index (Phi) is 4.31. The number of nitrogens with zero attached hydrogens (tertiary/aromatic N) is 1. The van der Waals surface area contributed by atoms with Crippen molar-refractivity contribution < 1.29 is 21.6 Å². The van der Waals surface area contributed by atoms with Crippen molar-refractivity contribution in [3.63, 3.8) is 0 Å². The van der Waals surface area contributed by atoms with Crippen LogP contribution in [0.2, 0.25) is 0 Å². The summed E-state index contributed by atoms with van der Waals surface area (Å²) in [6.07, 6.45) is 4.54. The van der Waals surface area contributed by atoms with Crippen LogP contribution in [-0.2, 0) is 9.84 Å². The molecule has 2 aliphatic rings. The van der Waals surface area contributed by atoms with Crippen LogP contribution in [0.1, 0.15) is 25.7 Å². The lowest BCUT2D eigenvalue weighted by molar-refractivity contribution is -0.0436. The molecule has 0 amide bonds. The van der Waals surface area contributed by atoms with Gasteiger partial charge in [-0.25, -0.2) is 8.42 Å². The van der Waals surface area contributed by atoms with Crippen LogP contribution in [-0.4, -0.2) is 44.0 Å². The van der Waals surface area contributed by atoms with Crippen LogP contribution in [0.4, 0.5) is 18.9 Å². The molecule has 1 aliphatic carbocycles. The van der Waals surface area contributed by atoms with Gasteiger partial charge >= 0.3 is 5.51 Å². The number of halogens is 3. The number of benzene rings is 1. The first-order valence-corrected chi connectivity index (χ1v) is 9.18. The molecule has 0 atom stereocenters. The van der Waals surface area contributed by atoms with Crippen LogP contribution < -0.4 is 5.32 Å². The number of piperidine rings is 1. The van der Waals surface area contributed by atoms with Crippen molar-refractivity contribution in [2.24, 2.45) is 0 Å². The standard InChI is InChI=1S/C15H19F3N2O2S/c16-15(17,18)23(21,22)14-5-1-11(2-6-14)19-12-7-9-20(10-8-12)13-3-4-13/h1-2,5-6,12-13,19H,3-4,7-10H2. The number of rotatable bonds is 4. The van der Waals surface area contributed by atoms with E-state index in [2.05, 4.69) is 10.2 Å². The van der Waals surface area contributed by atoms with E-state index in [9.17, 15) is 21.6 Å². The van der Waals surface area contributed by atoms with Gasteiger partial charge in [0.25, 0.3) is 9.84 Å². The molecule has 23 heavy (non-hydrogen) atoms. The van der Waals surface area contributed by atoms with Gasteiger partial charge in [-0.1, -0.05) is 0 Å². The highest BCUT2D eigenvalue weighted by molar-refractivity contribution is 7.92. The molecule has 0 aromatic heterocycles. The largest absolute Gasteiger partial charge is 0.501 e. The minimum atomic E-state index is -5.27. The summed E-state index contributed by atoms with van der Waals surface area (Å²) in [7, 11) is -5.27.